The molecule has 0 radical (unpaired) electrons. The summed E-state index contributed by atoms with van der Waals surface area (Å²) in [5.41, 5.74) is 0. The number of nitrogens with one attached hydrogen (secondary N) is 2. The van der Waals surface area contributed by atoms with E-state index in [1.807, 2.05) is 0 Å². The fourth-order valence-electron chi connectivity index (χ4n) is 3.76. The molecule has 1 heterocycles. The van der Waals surface area contributed by atoms with Crippen molar-refractivity contribution in [2.75, 3.05) is 20.1 Å². The van der Waals surface area contributed by atoms with E-state index in [0.717, 1.165) is 32.4 Å². The van der Waals surface area contributed by atoms with Gasteiger partial charge in [-0.2, -0.15) is 0 Å². The second kappa shape index (κ2) is 7.41. The first kappa shape index (κ1) is 15.8. The molecule has 2 N–H and O–H groups in total. The van der Waals surface area contributed by atoms with Gasteiger partial charge >= 0.3 is 0 Å². The van der Waals surface area contributed by atoms with E-state index in [2.05, 4.69) is 36.4 Å². The normalized spacial score (nSPS) is 30.4. The van der Waals surface area contributed by atoms with Gasteiger partial charge in [-0.1, -0.05) is 26.2 Å². The van der Waals surface area contributed by atoms with Crippen LogP contribution in [0.25, 0.3) is 0 Å². The lowest BCUT2D eigenvalue weighted by atomic mass is 9.89. The van der Waals surface area contributed by atoms with Crippen LogP contribution in [-0.4, -0.2) is 49.1 Å². The zero-order chi connectivity index (χ0) is 14.5. The number of piperidine rings is 1. The van der Waals surface area contributed by atoms with Crippen LogP contribution in [0.2, 0.25) is 0 Å². The summed E-state index contributed by atoms with van der Waals surface area (Å²) in [6.07, 6.45) is 7.19. The molecule has 3 atom stereocenters. The molecule has 2 aliphatic rings. The SMILES string of the molecule is CCC1CN(C(C)C(=O)NC2CCCC2)CCC1NC. The van der Waals surface area contributed by atoms with Crippen LogP contribution in [0, 0.1) is 5.92 Å². The minimum Gasteiger partial charge on any atom is -0.352 e. The smallest absolute Gasteiger partial charge is 0.237 e. The van der Waals surface area contributed by atoms with E-state index in [4.69, 9.17) is 0 Å². The molecule has 0 aromatic rings. The van der Waals surface area contributed by atoms with Crippen molar-refractivity contribution in [1.82, 2.24) is 15.5 Å². The summed E-state index contributed by atoms with van der Waals surface area (Å²) in [5, 5.41) is 6.66. The van der Waals surface area contributed by atoms with E-state index >= 15 is 0 Å². The first-order valence-corrected chi connectivity index (χ1v) is 8.37. The Bertz CT molecular complexity index is 315. The second-order valence-corrected chi connectivity index (χ2v) is 6.51. The molecule has 1 amide bonds. The van der Waals surface area contributed by atoms with Crippen LogP contribution in [0.3, 0.4) is 0 Å². The molecule has 20 heavy (non-hydrogen) atoms. The molecule has 0 aromatic carbocycles. The summed E-state index contributed by atoms with van der Waals surface area (Å²) < 4.78 is 0. The average molecular weight is 281 g/mol. The van der Waals surface area contributed by atoms with E-state index in [9.17, 15) is 4.79 Å². The lowest BCUT2D eigenvalue weighted by molar-refractivity contribution is -0.127. The molecule has 1 saturated heterocycles. The number of rotatable bonds is 5. The van der Waals surface area contributed by atoms with Crippen molar-refractivity contribution >= 4 is 5.91 Å². The summed E-state index contributed by atoms with van der Waals surface area (Å²) in [6, 6.07) is 1.06. The van der Waals surface area contributed by atoms with Crippen LogP contribution < -0.4 is 10.6 Å². The lowest BCUT2D eigenvalue weighted by Gasteiger charge is -2.40. The standard InChI is InChI=1S/C16H31N3O/c1-4-13-11-19(10-9-15(13)17-3)12(2)16(20)18-14-7-5-6-8-14/h12-15,17H,4-11H2,1-3H3,(H,18,20). The summed E-state index contributed by atoms with van der Waals surface area (Å²) >= 11 is 0. The number of nitrogens with zero attached hydrogens (tertiary/aromatic N) is 1. The van der Waals surface area contributed by atoms with Gasteiger partial charge in [-0.3, -0.25) is 9.69 Å². The first-order chi connectivity index (χ1) is 9.65. The predicted octanol–water partition coefficient (Wildman–Crippen LogP) is 1.75. The van der Waals surface area contributed by atoms with Gasteiger partial charge in [0.1, 0.15) is 0 Å². The van der Waals surface area contributed by atoms with Gasteiger partial charge in [0.05, 0.1) is 6.04 Å². The third-order valence-electron chi connectivity index (χ3n) is 5.29. The minimum absolute atomic E-state index is 0.0162. The molecule has 3 unspecified atom stereocenters. The molecule has 1 aliphatic carbocycles. The Morgan fingerprint density at radius 2 is 2.00 bits per heavy atom. The molecule has 2 rings (SSSR count). The zero-order valence-corrected chi connectivity index (χ0v) is 13.3. The van der Waals surface area contributed by atoms with Gasteiger partial charge in [0.2, 0.25) is 5.91 Å². The van der Waals surface area contributed by atoms with E-state index in [0.29, 0.717) is 18.0 Å². The van der Waals surface area contributed by atoms with Crippen molar-refractivity contribution in [2.45, 2.75) is 70.5 Å². The predicted molar refractivity (Wildman–Crippen MR) is 82.7 cm³/mol. The van der Waals surface area contributed by atoms with Crippen molar-refractivity contribution in [3.8, 4) is 0 Å². The van der Waals surface area contributed by atoms with E-state index in [1.165, 1.54) is 19.3 Å². The molecule has 0 bridgehead atoms. The van der Waals surface area contributed by atoms with Crippen molar-refractivity contribution in [3.05, 3.63) is 0 Å². The fraction of sp³-hybridized carbons (Fsp3) is 0.938. The Morgan fingerprint density at radius 1 is 1.30 bits per heavy atom. The summed E-state index contributed by atoms with van der Waals surface area (Å²) in [5.74, 6) is 0.894. The van der Waals surface area contributed by atoms with Gasteiger partial charge in [0.25, 0.3) is 0 Å². The highest BCUT2D eigenvalue weighted by molar-refractivity contribution is 5.81. The van der Waals surface area contributed by atoms with Crippen LogP contribution >= 0.6 is 0 Å². The van der Waals surface area contributed by atoms with Crippen LogP contribution in [0.15, 0.2) is 0 Å². The molecule has 1 saturated carbocycles. The Morgan fingerprint density at radius 3 is 2.60 bits per heavy atom. The van der Waals surface area contributed by atoms with Gasteiger partial charge in [0, 0.05) is 25.2 Å². The maximum Gasteiger partial charge on any atom is 0.237 e. The molecule has 4 heteroatoms. The lowest BCUT2D eigenvalue weighted by Crippen LogP contribution is -2.55. The van der Waals surface area contributed by atoms with Crippen molar-refractivity contribution in [2.24, 2.45) is 5.92 Å². The third-order valence-corrected chi connectivity index (χ3v) is 5.29. The van der Waals surface area contributed by atoms with Crippen molar-refractivity contribution < 1.29 is 4.79 Å². The molecular formula is C16H31N3O. The van der Waals surface area contributed by atoms with Crippen LogP contribution in [0.5, 0.6) is 0 Å². The van der Waals surface area contributed by atoms with Gasteiger partial charge < -0.3 is 10.6 Å². The van der Waals surface area contributed by atoms with Crippen LogP contribution in [0.4, 0.5) is 0 Å². The molecule has 1 aliphatic heterocycles. The van der Waals surface area contributed by atoms with Crippen LogP contribution in [0.1, 0.15) is 52.4 Å². The second-order valence-electron chi connectivity index (χ2n) is 6.51. The largest absolute Gasteiger partial charge is 0.352 e. The molecule has 116 valence electrons. The molecule has 0 aromatic heterocycles. The number of amides is 1. The van der Waals surface area contributed by atoms with Crippen LogP contribution in [-0.2, 0) is 4.79 Å². The average Bonchev–Trinajstić information content (AvgIpc) is 2.98. The van der Waals surface area contributed by atoms with Gasteiger partial charge in [-0.05, 0) is 39.2 Å². The monoisotopic (exact) mass is 281 g/mol. The Balaban J connectivity index is 1.85. The maximum atomic E-state index is 12.4. The van der Waals surface area contributed by atoms with Crippen molar-refractivity contribution in [1.29, 1.82) is 0 Å². The highest BCUT2D eigenvalue weighted by Gasteiger charge is 2.32. The third kappa shape index (κ3) is 3.73. The van der Waals surface area contributed by atoms with Gasteiger partial charge in [0.15, 0.2) is 0 Å². The van der Waals surface area contributed by atoms with Crippen molar-refractivity contribution in [3.63, 3.8) is 0 Å². The van der Waals surface area contributed by atoms with E-state index in [-0.39, 0.29) is 11.9 Å². The Kier molecular flexibility index (Phi) is 5.85. The van der Waals surface area contributed by atoms with E-state index in [1.54, 1.807) is 0 Å². The molecule has 0 spiro atoms. The number of carbonyl (C=O) groups excluding carboxylic acids is 1. The summed E-state index contributed by atoms with van der Waals surface area (Å²) in [6.45, 7) is 6.39. The fourth-order valence-corrected chi connectivity index (χ4v) is 3.76. The van der Waals surface area contributed by atoms with Gasteiger partial charge in [-0.15, -0.1) is 0 Å². The number of carbonyl (C=O) groups is 1. The maximum absolute atomic E-state index is 12.4. The minimum atomic E-state index is 0.0162. The first-order valence-electron chi connectivity index (χ1n) is 8.37. The summed E-state index contributed by atoms with van der Waals surface area (Å²) in [7, 11) is 2.05. The van der Waals surface area contributed by atoms with E-state index < -0.39 is 0 Å². The molecular weight excluding hydrogens is 250 g/mol. The molecule has 2 fully saturated rings. The number of hydrogen-bond acceptors (Lipinski definition) is 3. The highest BCUT2D eigenvalue weighted by atomic mass is 16.2. The topological polar surface area (TPSA) is 44.4 Å². The quantitative estimate of drug-likeness (QED) is 0.807. The Hall–Kier alpha value is -0.610. The Labute approximate surface area is 123 Å². The van der Waals surface area contributed by atoms with Gasteiger partial charge in [-0.25, -0.2) is 0 Å². The number of hydrogen-bond donors (Lipinski definition) is 2. The molecule has 4 nitrogen and oxygen atoms in total. The number of likely N-dealkylation sites (tertiary alicyclic amines) is 1. The summed E-state index contributed by atoms with van der Waals surface area (Å²) in [4.78, 5) is 14.7. The highest BCUT2D eigenvalue weighted by Crippen LogP contribution is 2.22. The zero-order valence-electron chi connectivity index (χ0n) is 13.3.